The van der Waals surface area contributed by atoms with Gasteiger partial charge in [-0.25, -0.2) is 0 Å². The number of carbonyl (C=O) groups excluding carboxylic acids is 1. The Bertz CT molecular complexity index is 756. The number of benzene rings is 2. The molecule has 124 valence electrons. The highest BCUT2D eigenvalue weighted by Gasteiger charge is 2.16. The number of halogens is 1. The molecule has 3 rings (SSSR count). The van der Waals surface area contributed by atoms with Gasteiger partial charge in [0.05, 0.1) is 6.21 Å². The monoisotopic (exact) mass is 342 g/mol. The number of hydrogen-bond donors (Lipinski definition) is 1. The lowest BCUT2D eigenvalue weighted by atomic mass is 10.1. The summed E-state index contributed by atoms with van der Waals surface area (Å²) in [6.07, 6.45) is 4.27. The number of nitrogens with zero attached hydrogens (tertiary/aromatic N) is 1. The highest BCUT2D eigenvalue weighted by atomic mass is 35.5. The second-order valence-electron chi connectivity index (χ2n) is 5.86. The Morgan fingerprint density at radius 1 is 1.21 bits per heavy atom. The molecule has 1 amide bonds. The van der Waals surface area contributed by atoms with Crippen molar-refractivity contribution in [1.29, 1.82) is 0 Å². The van der Waals surface area contributed by atoms with Crippen molar-refractivity contribution in [3.63, 3.8) is 0 Å². The van der Waals surface area contributed by atoms with Crippen LogP contribution in [0.15, 0.2) is 47.6 Å². The minimum absolute atomic E-state index is 0.221. The predicted molar refractivity (Wildman–Crippen MR) is 96.7 cm³/mol. The molecule has 2 aromatic rings. The van der Waals surface area contributed by atoms with Crippen LogP contribution in [-0.4, -0.2) is 18.2 Å². The summed E-state index contributed by atoms with van der Waals surface area (Å²) < 4.78 is 0. The Balaban J connectivity index is 1.54. The van der Waals surface area contributed by atoms with Crippen LogP contribution in [0.3, 0.4) is 0 Å². The molecule has 0 fully saturated rings. The van der Waals surface area contributed by atoms with Gasteiger partial charge in [0.25, 0.3) is 5.91 Å². The first-order chi connectivity index (χ1) is 11.6. The summed E-state index contributed by atoms with van der Waals surface area (Å²) in [5, 5.41) is 7.40. The zero-order valence-corrected chi connectivity index (χ0v) is 14.2. The summed E-state index contributed by atoms with van der Waals surface area (Å²) >= 11 is 5.82. The minimum Gasteiger partial charge on any atom is -0.383 e. The third kappa shape index (κ3) is 4.15. The molecule has 1 aliphatic carbocycles. The van der Waals surface area contributed by atoms with Crippen LogP contribution in [0, 0.1) is 0 Å². The highest BCUT2D eigenvalue weighted by molar-refractivity contribution is 6.30. The van der Waals surface area contributed by atoms with Gasteiger partial charge in [0.2, 0.25) is 6.10 Å². The molecule has 0 saturated carbocycles. The Hall–Kier alpha value is -2.33. The van der Waals surface area contributed by atoms with E-state index in [1.165, 1.54) is 17.5 Å². The van der Waals surface area contributed by atoms with Crippen LogP contribution in [0.1, 0.15) is 30.0 Å². The van der Waals surface area contributed by atoms with E-state index in [1.807, 2.05) is 24.3 Å². The van der Waals surface area contributed by atoms with Crippen molar-refractivity contribution in [2.45, 2.75) is 32.3 Å². The van der Waals surface area contributed by atoms with Crippen LogP contribution in [0.5, 0.6) is 0 Å². The number of carbonyl (C=O) groups is 1. The fraction of sp³-hybridized carbons (Fsp3) is 0.263. The van der Waals surface area contributed by atoms with E-state index in [0.29, 0.717) is 5.02 Å². The molecule has 0 heterocycles. The zero-order valence-electron chi connectivity index (χ0n) is 13.5. The molecular weight excluding hydrogens is 324 g/mol. The maximum absolute atomic E-state index is 12.2. The predicted octanol–water partition coefficient (Wildman–Crippen LogP) is 4.21. The van der Waals surface area contributed by atoms with E-state index in [4.69, 9.17) is 16.4 Å². The second kappa shape index (κ2) is 7.49. The first-order valence-electron chi connectivity index (χ1n) is 7.99. The number of aryl methyl sites for hydroxylation is 2. The van der Waals surface area contributed by atoms with Gasteiger partial charge in [-0.3, -0.25) is 4.79 Å². The van der Waals surface area contributed by atoms with E-state index in [2.05, 4.69) is 16.5 Å². The standard InChI is InChI=1S/C19H19ClN2O2/c1-13(24-21-12-14-5-8-17(20)9-6-14)19(23)22-18-10-7-15-3-2-4-16(15)11-18/h5-13H,2-4H2,1H3,(H,22,23)/b21-12+. The molecule has 0 aliphatic heterocycles. The lowest BCUT2D eigenvalue weighted by molar-refractivity contribution is -0.126. The van der Waals surface area contributed by atoms with Gasteiger partial charge in [0, 0.05) is 10.7 Å². The van der Waals surface area contributed by atoms with Crippen molar-refractivity contribution in [2.24, 2.45) is 5.16 Å². The van der Waals surface area contributed by atoms with E-state index in [1.54, 1.807) is 25.3 Å². The summed E-state index contributed by atoms with van der Waals surface area (Å²) in [5.74, 6) is -0.221. The zero-order chi connectivity index (χ0) is 16.9. The average molecular weight is 343 g/mol. The molecule has 2 aromatic carbocycles. The van der Waals surface area contributed by atoms with Gasteiger partial charge in [-0.1, -0.05) is 35.0 Å². The van der Waals surface area contributed by atoms with Crippen molar-refractivity contribution >= 4 is 29.4 Å². The number of fused-ring (bicyclic) bond motifs is 1. The number of oxime groups is 1. The summed E-state index contributed by atoms with van der Waals surface area (Å²) in [6, 6.07) is 13.3. The van der Waals surface area contributed by atoms with Crippen molar-refractivity contribution in [1.82, 2.24) is 0 Å². The highest BCUT2D eigenvalue weighted by Crippen LogP contribution is 2.25. The minimum atomic E-state index is -0.679. The third-order valence-corrected chi connectivity index (χ3v) is 4.28. The van der Waals surface area contributed by atoms with Crippen LogP contribution in [-0.2, 0) is 22.5 Å². The fourth-order valence-corrected chi connectivity index (χ4v) is 2.80. The van der Waals surface area contributed by atoms with Crippen molar-refractivity contribution in [3.8, 4) is 0 Å². The summed E-state index contributed by atoms with van der Waals surface area (Å²) in [5.41, 5.74) is 4.36. The Morgan fingerprint density at radius 2 is 1.96 bits per heavy atom. The number of anilines is 1. The van der Waals surface area contributed by atoms with Gasteiger partial charge >= 0.3 is 0 Å². The average Bonchev–Trinajstić information content (AvgIpc) is 3.04. The first kappa shape index (κ1) is 16.5. The van der Waals surface area contributed by atoms with Crippen LogP contribution in [0.2, 0.25) is 5.02 Å². The summed E-state index contributed by atoms with van der Waals surface area (Å²) in [4.78, 5) is 17.4. The Labute approximate surface area is 146 Å². The maximum Gasteiger partial charge on any atom is 0.267 e. The summed E-state index contributed by atoms with van der Waals surface area (Å²) in [7, 11) is 0. The van der Waals surface area contributed by atoms with Crippen molar-refractivity contribution in [2.75, 3.05) is 5.32 Å². The molecule has 0 bridgehead atoms. The molecule has 4 nitrogen and oxygen atoms in total. The maximum atomic E-state index is 12.2. The van der Waals surface area contributed by atoms with Gasteiger partial charge < -0.3 is 10.2 Å². The molecule has 1 N–H and O–H groups in total. The van der Waals surface area contributed by atoms with Crippen molar-refractivity contribution < 1.29 is 9.63 Å². The number of amides is 1. The largest absolute Gasteiger partial charge is 0.383 e. The molecule has 0 aromatic heterocycles. The SMILES string of the molecule is CC(O/N=C/c1ccc(Cl)cc1)C(=O)Nc1ccc2c(c1)CCC2. The van der Waals surface area contributed by atoms with Gasteiger partial charge in [-0.05, 0) is 67.1 Å². The molecule has 24 heavy (non-hydrogen) atoms. The Kier molecular flexibility index (Phi) is 5.16. The number of nitrogens with one attached hydrogen (secondary N) is 1. The number of hydrogen-bond acceptors (Lipinski definition) is 3. The van der Waals surface area contributed by atoms with E-state index >= 15 is 0 Å². The van der Waals surface area contributed by atoms with E-state index in [9.17, 15) is 4.79 Å². The fourth-order valence-electron chi connectivity index (χ4n) is 2.67. The lowest BCUT2D eigenvalue weighted by Gasteiger charge is -2.11. The van der Waals surface area contributed by atoms with Crippen molar-refractivity contribution in [3.05, 3.63) is 64.2 Å². The lowest BCUT2D eigenvalue weighted by Crippen LogP contribution is -2.26. The van der Waals surface area contributed by atoms with Gasteiger partial charge in [0.1, 0.15) is 0 Å². The molecule has 5 heteroatoms. The molecule has 0 saturated heterocycles. The van der Waals surface area contributed by atoms with Gasteiger partial charge in [-0.2, -0.15) is 0 Å². The first-order valence-corrected chi connectivity index (χ1v) is 8.37. The summed E-state index contributed by atoms with van der Waals surface area (Å²) in [6.45, 7) is 1.67. The molecule has 1 unspecified atom stereocenters. The molecule has 1 aliphatic rings. The van der Waals surface area contributed by atoms with Gasteiger partial charge in [-0.15, -0.1) is 0 Å². The normalized spacial score (nSPS) is 14.4. The molecule has 0 spiro atoms. The smallest absolute Gasteiger partial charge is 0.267 e. The third-order valence-electron chi connectivity index (χ3n) is 4.03. The van der Waals surface area contributed by atoms with E-state index < -0.39 is 6.10 Å². The van der Waals surface area contributed by atoms with Crippen LogP contribution < -0.4 is 5.32 Å². The van der Waals surface area contributed by atoms with E-state index in [-0.39, 0.29) is 5.91 Å². The molecular formula is C19H19ClN2O2. The molecule has 1 atom stereocenters. The Morgan fingerprint density at radius 3 is 2.75 bits per heavy atom. The molecule has 0 radical (unpaired) electrons. The topological polar surface area (TPSA) is 50.7 Å². The number of rotatable bonds is 5. The van der Waals surface area contributed by atoms with Gasteiger partial charge in [0.15, 0.2) is 0 Å². The van der Waals surface area contributed by atoms with Crippen LogP contribution in [0.4, 0.5) is 5.69 Å². The quantitative estimate of drug-likeness (QED) is 0.653. The second-order valence-corrected chi connectivity index (χ2v) is 6.30. The van der Waals surface area contributed by atoms with E-state index in [0.717, 1.165) is 24.1 Å². The van der Waals surface area contributed by atoms with Crippen LogP contribution >= 0.6 is 11.6 Å². The van der Waals surface area contributed by atoms with Crippen LogP contribution in [0.25, 0.3) is 0 Å².